The molecule has 7 nitrogen and oxygen atoms in total. The molecule has 22 heavy (non-hydrogen) atoms. The van der Waals surface area contributed by atoms with Gasteiger partial charge >= 0.3 is 5.97 Å². The first-order valence-corrected chi connectivity index (χ1v) is 6.84. The van der Waals surface area contributed by atoms with Gasteiger partial charge in [0.15, 0.2) is 18.1 Å². The topological polar surface area (TPSA) is 94.1 Å². The molecule has 0 aliphatic heterocycles. The number of benzene rings is 1. The first-order valence-electron chi connectivity index (χ1n) is 6.84. The number of carbonyl (C=O) groups excluding carboxylic acids is 1. The molecule has 0 heterocycles. The Labute approximate surface area is 129 Å². The molecule has 1 rings (SSSR count). The van der Waals surface area contributed by atoms with Gasteiger partial charge in [-0.2, -0.15) is 0 Å². The predicted molar refractivity (Wildman–Crippen MR) is 79.9 cm³/mol. The van der Waals surface area contributed by atoms with Gasteiger partial charge in [0.1, 0.15) is 0 Å². The van der Waals surface area contributed by atoms with Crippen LogP contribution in [0.2, 0.25) is 0 Å². The zero-order valence-electron chi connectivity index (χ0n) is 13.1. The van der Waals surface area contributed by atoms with Crippen molar-refractivity contribution in [2.24, 2.45) is 0 Å². The summed E-state index contributed by atoms with van der Waals surface area (Å²) < 4.78 is 15.7. The molecule has 1 aromatic rings. The normalized spacial score (nSPS) is 11.5. The maximum atomic E-state index is 11.7. The van der Waals surface area contributed by atoms with Crippen molar-refractivity contribution in [2.75, 3.05) is 20.8 Å². The molecule has 0 fully saturated rings. The van der Waals surface area contributed by atoms with E-state index in [-0.39, 0.29) is 41.4 Å². The smallest absolute Gasteiger partial charge is 0.335 e. The van der Waals surface area contributed by atoms with Gasteiger partial charge in [0.25, 0.3) is 5.91 Å². The minimum absolute atomic E-state index is 0.00473. The SMILES string of the molecule is CC[C@H](C)NC(=O)COc1c(OC)cc(C(=O)O)cc1OC. The van der Waals surface area contributed by atoms with Crippen molar-refractivity contribution in [1.29, 1.82) is 0 Å². The molecule has 1 amide bonds. The van der Waals surface area contributed by atoms with Crippen LogP contribution in [0.25, 0.3) is 0 Å². The quantitative estimate of drug-likeness (QED) is 0.759. The van der Waals surface area contributed by atoms with Crippen LogP contribution >= 0.6 is 0 Å². The second-order valence-corrected chi connectivity index (χ2v) is 4.68. The highest BCUT2D eigenvalue weighted by Gasteiger charge is 2.18. The first kappa shape index (κ1) is 17.6. The van der Waals surface area contributed by atoms with Gasteiger partial charge in [-0.1, -0.05) is 6.92 Å². The van der Waals surface area contributed by atoms with E-state index in [1.807, 2.05) is 13.8 Å². The molecule has 0 saturated heterocycles. The molecular weight excluding hydrogens is 290 g/mol. The molecule has 122 valence electrons. The Balaban J connectivity index is 2.93. The van der Waals surface area contributed by atoms with Crippen molar-refractivity contribution in [3.05, 3.63) is 17.7 Å². The summed E-state index contributed by atoms with van der Waals surface area (Å²) in [5.74, 6) is -0.825. The first-order chi connectivity index (χ1) is 10.4. The number of carbonyl (C=O) groups is 2. The summed E-state index contributed by atoms with van der Waals surface area (Å²) in [5, 5.41) is 11.8. The van der Waals surface area contributed by atoms with Gasteiger partial charge in [0, 0.05) is 6.04 Å². The van der Waals surface area contributed by atoms with Crippen LogP contribution in [0.1, 0.15) is 30.6 Å². The van der Waals surface area contributed by atoms with E-state index in [1.165, 1.54) is 26.4 Å². The predicted octanol–water partition coefficient (Wildman–Crippen LogP) is 1.70. The molecule has 0 saturated carbocycles. The van der Waals surface area contributed by atoms with E-state index in [2.05, 4.69) is 5.32 Å². The fourth-order valence-corrected chi connectivity index (χ4v) is 1.70. The molecule has 0 aliphatic carbocycles. The van der Waals surface area contributed by atoms with Crippen LogP contribution < -0.4 is 19.5 Å². The Kier molecular flexibility index (Phi) is 6.49. The number of aromatic carboxylic acids is 1. The largest absolute Gasteiger partial charge is 0.493 e. The van der Waals surface area contributed by atoms with Crippen molar-refractivity contribution < 1.29 is 28.9 Å². The summed E-state index contributed by atoms with van der Waals surface area (Å²) in [5.41, 5.74) is 0.00473. The molecule has 1 atom stereocenters. The van der Waals surface area contributed by atoms with E-state index in [0.717, 1.165) is 6.42 Å². The van der Waals surface area contributed by atoms with E-state index in [0.29, 0.717) is 0 Å². The van der Waals surface area contributed by atoms with Gasteiger partial charge < -0.3 is 24.6 Å². The van der Waals surface area contributed by atoms with Crippen molar-refractivity contribution in [1.82, 2.24) is 5.32 Å². The van der Waals surface area contributed by atoms with Gasteiger partial charge in [-0.25, -0.2) is 4.79 Å². The van der Waals surface area contributed by atoms with E-state index in [9.17, 15) is 9.59 Å². The Morgan fingerprint density at radius 3 is 2.18 bits per heavy atom. The molecule has 0 spiro atoms. The van der Waals surface area contributed by atoms with E-state index in [4.69, 9.17) is 19.3 Å². The Hall–Kier alpha value is -2.44. The van der Waals surface area contributed by atoms with Crippen LogP contribution in [0, 0.1) is 0 Å². The standard InChI is InChI=1S/C15H21NO6/c1-5-9(2)16-13(17)8-22-14-11(20-3)6-10(15(18)19)7-12(14)21-4/h6-7,9H,5,8H2,1-4H3,(H,16,17)(H,18,19)/t9-/m0/s1. The van der Waals surface area contributed by atoms with Crippen molar-refractivity contribution in [3.63, 3.8) is 0 Å². The van der Waals surface area contributed by atoms with Gasteiger partial charge in [-0.3, -0.25) is 4.79 Å². The van der Waals surface area contributed by atoms with E-state index in [1.54, 1.807) is 0 Å². The van der Waals surface area contributed by atoms with Crippen molar-refractivity contribution >= 4 is 11.9 Å². The highest BCUT2D eigenvalue weighted by atomic mass is 16.5. The van der Waals surface area contributed by atoms with E-state index < -0.39 is 5.97 Å². The zero-order chi connectivity index (χ0) is 16.7. The molecule has 0 aliphatic rings. The molecule has 2 N–H and O–H groups in total. The van der Waals surface area contributed by atoms with Crippen molar-refractivity contribution in [2.45, 2.75) is 26.3 Å². The maximum Gasteiger partial charge on any atom is 0.335 e. The summed E-state index contributed by atoms with van der Waals surface area (Å²) in [6.45, 7) is 3.63. The molecule has 0 bridgehead atoms. The number of carboxylic acids is 1. The summed E-state index contributed by atoms with van der Waals surface area (Å²) in [4.78, 5) is 22.8. The fourth-order valence-electron chi connectivity index (χ4n) is 1.70. The minimum atomic E-state index is -1.11. The third kappa shape index (κ3) is 4.54. The van der Waals surface area contributed by atoms with E-state index >= 15 is 0 Å². The van der Waals surface area contributed by atoms with Crippen LogP contribution in [0.4, 0.5) is 0 Å². The highest BCUT2D eigenvalue weighted by molar-refractivity contribution is 5.89. The number of hydrogen-bond donors (Lipinski definition) is 2. The summed E-state index contributed by atoms with van der Waals surface area (Å²) in [6.07, 6.45) is 0.811. The number of rotatable bonds is 8. The van der Waals surface area contributed by atoms with Crippen LogP contribution in [-0.2, 0) is 4.79 Å². The average Bonchev–Trinajstić information content (AvgIpc) is 2.51. The highest BCUT2D eigenvalue weighted by Crippen LogP contribution is 2.38. The average molecular weight is 311 g/mol. The summed E-state index contributed by atoms with van der Waals surface area (Å²) in [6, 6.07) is 2.67. The lowest BCUT2D eigenvalue weighted by Gasteiger charge is -2.16. The second-order valence-electron chi connectivity index (χ2n) is 4.68. The lowest BCUT2D eigenvalue weighted by atomic mass is 10.2. The van der Waals surface area contributed by atoms with Crippen LogP contribution in [0.3, 0.4) is 0 Å². The molecule has 7 heteroatoms. The van der Waals surface area contributed by atoms with Gasteiger partial charge in [-0.05, 0) is 25.5 Å². The summed E-state index contributed by atoms with van der Waals surface area (Å²) >= 11 is 0. The number of methoxy groups -OCH3 is 2. The minimum Gasteiger partial charge on any atom is -0.493 e. The number of ether oxygens (including phenoxy) is 3. The number of amides is 1. The lowest BCUT2D eigenvalue weighted by molar-refractivity contribution is -0.123. The third-order valence-electron chi connectivity index (χ3n) is 3.07. The second kappa shape index (κ2) is 8.11. The van der Waals surface area contributed by atoms with Crippen LogP contribution in [0.5, 0.6) is 17.2 Å². The monoisotopic (exact) mass is 311 g/mol. The Morgan fingerprint density at radius 1 is 1.23 bits per heavy atom. The maximum absolute atomic E-state index is 11.7. The third-order valence-corrected chi connectivity index (χ3v) is 3.07. The number of carboxylic acid groups (broad SMARTS) is 1. The summed E-state index contributed by atoms with van der Waals surface area (Å²) in [7, 11) is 2.76. The molecular formula is C15H21NO6. The molecule has 0 radical (unpaired) electrons. The van der Waals surface area contributed by atoms with Crippen LogP contribution in [0.15, 0.2) is 12.1 Å². The number of nitrogens with one attached hydrogen (secondary N) is 1. The molecule has 0 aromatic heterocycles. The van der Waals surface area contributed by atoms with Gasteiger partial charge in [0.05, 0.1) is 19.8 Å². The van der Waals surface area contributed by atoms with Crippen molar-refractivity contribution in [3.8, 4) is 17.2 Å². The molecule has 0 unspecified atom stereocenters. The molecule has 1 aromatic carbocycles. The van der Waals surface area contributed by atoms with Gasteiger partial charge in [0.2, 0.25) is 5.75 Å². The zero-order valence-corrected chi connectivity index (χ0v) is 13.1. The van der Waals surface area contributed by atoms with Crippen LogP contribution in [-0.4, -0.2) is 43.9 Å². The fraction of sp³-hybridized carbons (Fsp3) is 0.467. The lowest BCUT2D eigenvalue weighted by Crippen LogP contribution is -2.35. The number of hydrogen-bond acceptors (Lipinski definition) is 5. The Bertz CT molecular complexity index is 518. The Morgan fingerprint density at radius 2 is 1.77 bits per heavy atom. The van der Waals surface area contributed by atoms with Gasteiger partial charge in [-0.15, -0.1) is 0 Å².